The first kappa shape index (κ1) is 28.2. The van der Waals surface area contributed by atoms with Gasteiger partial charge in [0, 0.05) is 50.6 Å². The van der Waals surface area contributed by atoms with Gasteiger partial charge in [-0.15, -0.1) is 0 Å². The molecule has 0 spiro atoms. The number of rotatable bonds is 9. The monoisotopic (exact) mass is 554 g/mol. The molecule has 6 heteroatoms. The first-order valence-electron chi connectivity index (χ1n) is 15.9. The number of aromatic nitrogens is 2. The molecule has 3 unspecified atom stereocenters. The average molecular weight is 555 g/mol. The molecular formula is C35H46N4O2. The third-order valence-corrected chi connectivity index (χ3v) is 10.2. The molecule has 3 heterocycles. The van der Waals surface area contributed by atoms with E-state index >= 15 is 0 Å². The SMILES string of the molecule is Cn1nc(C2CCN(CC3CN(C(C(=O)O)C4CCCCC4)CC3c3ccccc3)CC2)cc1Cc1ccccc1. The lowest BCUT2D eigenvalue weighted by atomic mass is 9.83. The van der Waals surface area contributed by atoms with Crippen LogP contribution in [0.4, 0.5) is 0 Å². The maximum Gasteiger partial charge on any atom is 0.321 e. The Morgan fingerprint density at radius 3 is 2.29 bits per heavy atom. The number of hydrogen-bond donors (Lipinski definition) is 1. The van der Waals surface area contributed by atoms with Crippen molar-refractivity contribution in [2.75, 3.05) is 32.7 Å². The highest BCUT2D eigenvalue weighted by molar-refractivity contribution is 5.74. The van der Waals surface area contributed by atoms with Gasteiger partial charge >= 0.3 is 5.97 Å². The van der Waals surface area contributed by atoms with Crippen LogP contribution in [0.15, 0.2) is 66.7 Å². The van der Waals surface area contributed by atoms with Crippen molar-refractivity contribution in [2.45, 2.75) is 69.2 Å². The van der Waals surface area contributed by atoms with Crippen LogP contribution in [0.25, 0.3) is 0 Å². The average Bonchev–Trinajstić information content (AvgIpc) is 3.58. The summed E-state index contributed by atoms with van der Waals surface area (Å²) in [6.45, 7) is 4.95. The first-order valence-corrected chi connectivity index (χ1v) is 15.9. The quantitative estimate of drug-likeness (QED) is 0.355. The molecule has 3 fully saturated rings. The Morgan fingerprint density at radius 2 is 1.61 bits per heavy atom. The Kier molecular flexibility index (Phi) is 8.87. The number of piperidine rings is 1. The number of benzene rings is 2. The van der Waals surface area contributed by atoms with Crippen molar-refractivity contribution in [3.8, 4) is 0 Å². The Balaban J connectivity index is 1.10. The second kappa shape index (κ2) is 12.9. The zero-order chi connectivity index (χ0) is 28.2. The second-order valence-corrected chi connectivity index (χ2v) is 12.8. The molecule has 2 saturated heterocycles. The minimum absolute atomic E-state index is 0.289. The van der Waals surface area contributed by atoms with E-state index in [0.717, 1.165) is 64.8 Å². The van der Waals surface area contributed by atoms with Crippen LogP contribution in [0.5, 0.6) is 0 Å². The number of carboxylic acids is 1. The van der Waals surface area contributed by atoms with E-state index in [1.54, 1.807) is 0 Å². The summed E-state index contributed by atoms with van der Waals surface area (Å²) in [5.41, 5.74) is 5.20. The number of likely N-dealkylation sites (tertiary alicyclic amines) is 2. The summed E-state index contributed by atoms with van der Waals surface area (Å²) in [5, 5.41) is 15.3. The van der Waals surface area contributed by atoms with E-state index in [4.69, 9.17) is 5.10 Å². The normalized spacial score (nSPS) is 24.0. The zero-order valence-corrected chi connectivity index (χ0v) is 24.6. The molecule has 2 aromatic carbocycles. The van der Waals surface area contributed by atoms with Crippen LogP contribution in [0, 0.1) is 11.8 Å². The van der Waals surface area contributed by atoms with Crippen molar-refractivity contribution in [3.63, 3.8) is 0 Å². The molecular weight excluding hydrogens is 508 g/mol. The number of aliphatic carboxylic acids is 1. The zero-order valence-electron chi connectivity index (χ0n) is 24.6. The van der Waals surface area contributed by atoms with Crippen LogP contribution in [-0.2, 0) is 18.3 Å². The van der Waals surface area contributed by atoms with Gasteiger partial charge in [-0.3, -0.25) is 14.4 Å². The summed E-state index contributed by atoms with van der Waals surface area (Å²) in [7, 11) is 2.07. The molecule has 1 N–H and O–H groups in total. The largest absolute Gasteiger partial charge is 0.480 e. The van der Waals surface area contributed by atoms with Crippen molar-refractivity contribution in [2.24, 2.45) is 18.9 Å². The predicted molar refractivity (Wildman–Crippen MR) is 163 cm³/mol. The van der Waals surface area contributed by atoms with Gasteiger partial charge in [-0.05, 0) is 67.8 Å². The molecule has 3 aromatic rings. The lowest BCUT2D eigenvalue weighted by molar-refractivity contribution is -0.145. The maximum atomic E-state index is 12.6. The van der Waals surface area contributed by atoms with E-state index in [0.29, 0.717) is 17.8 Å². The summed E-state index contributed by atoms with van der Waals surface area (Å²) >= 11 is 0. The summed E-state index contributed by atoms with van der Waals surface area (Å²) < 4.78 is 2.07. The lowest BCUT2D eigenvalue weighted by Crippen LogP contribution is -2.46. The van der Waals surface area contributed by atoms with Crippen molar-refractivity contribution in [1.82, 2.24) is 19.6 Å². The molecule has 6 nitrogen and oxygen atoms in total. The van der Waals surface area contributed by atoms with E-state index in [-0.39, 0.29) is 12.0 Å². The third kappa shape index (κ3) is 6.60. The van der Waals surface area contributed by atoms with Crippen LogP contribution in [-0.4, -0.2) is 69.4 Å². The van der Waals surface area contributed by atoms with E-state index in [1.807, 2.05) is 0 Å². The van der Waals surface area contributed by atoms with Crippen LogP contribution in [0.2, 0.25) is 0 Å². The Bertz CT molecular complexity index is 1260. The van der Waals surface area contributed by atoms with Crippen molar-refractivity contribution >= 4 is 5.97 Å². The Labute approximate surface area is 245 Å². The number of hydrogen-bond acceptors (Lipinski definition) is 4. The highest BCUT2D eigenvalue weighted by Crippen LogP contribution is 2.39. The topological polar surface area (TPSA) is 61.6 Å². The van der Waals surface area contributed by atoms with Gasteiger partial charge < -0.3 is 10.0 Å². The van der Waals surface area contributed by atoms with Crippen LogP contribution >= 0.6 is 0 Å². The van der Waals surface area contributed by atoms with Crippen molar-refractivity contribution in [3.05, 3.63) is 89.2 Å². The summed E-state index contributed by atoms with van der Waals surface area (Å²) in [5.74, 6) is 1.02. The van der Waals surface area contributed by atoms with Gasteiger partial charge in [0.15, 0.2) is 0 Å². The molecule has 218 valence electrons. The van der Waals surface area contributed by atoms with Crippen molar-refractivity contribution in [1.29, 1.82) is 0 Å². The van der Waals surface area contributed by atoms with Gasteiger partial charge in [0.25, 0.3) is 0 Å². The molecule has 2 aliphatic heterocycles. The van der Waals surface area contributed by atoms with E-state index in [2.05, 4.69) is 88.3 Å². The first-order chi connectivity index (χ1) is 20.0. The predicted octanol–water partition coefficient (Wildman–Crippen LogP) is 5.94. The molecule has 41 heavy (non-hydrogen) atoms. The van der Waals surface area contributed by atoms with Gasteiger partial charge in [0.1, 0.15) is 6.04 Å². The van der Waals surface area contributed by atoms with E-state index < -0.39 is 5.97 Å². The van der Waals surface area contributed by atoms with E-state index in [1.165, 1.54) is 41.8 Å². The minimum Gasteiger partial charge on any atom is -0.480 e. The second-order valence-electron chi connectivity index (χ2n) is 12.8. The van der Waals surface area contributed by atoms with Crippen LogP contribution < -0.4 is 0 Å². The van der Waals surface area contributed by atoms with Crippen molar-refractivity contribution < 1.29 is 9.90 Å². The molecule has 3 aliphatic rings. The molecule has 0 amide bonds. The summed E-state index contributed by atoms with van der Waals surface area (Å²) in [4.78, 5) is 17.6. The molecule has 0 bridgehead atoms. The fourth-order valence-corrected chi connectivity index (χ4v) is 7.94. The molecule has 1 saturated carbocycles. The third-order valence-electron chi connectivity index (χ3n) is 10.2. The van der Waals surface area contributed by atoms with E-state index in [9.17, 15) is 9.90 Å². The standard InChI is InChI=1S/C35H46N4O2/c1-37-31(21-26-11-5-2-6-12-26)22-33(36-37)28-17-19-38(20-18-28)23-30-24-39(25-32(30)27-13-7-3-8-14-27)34(35(40)41)29-15-9-4-10-16-29/h2-3,5-8,11-14,22,28-30,32,34H,4,9-10,15-21,23-25H2,1H3,(H,40,41). The van der Waals surface area contributed by atoms with Gasteiger partial charge in [0.2, 0.25) is 0 Å². The molecule has 6 rings (SSSR count). The number of carboxylic acid groups (broad SMARTS) is 1. The Hall–Kier alpha value is -2.96. The smallest absolute Gasteiger partial charge is 0.321 e. The molecule has 1 aromatic heterocycles. The lowest BCUT2D eigenvalue weighted by Gasteiger charge is -2.35. The van der Waals surface area contributed by atoms with Gasteiger partial charge in [-0.1, -0.05) is 79.9 Å². The van der Waals surface area contributed by atoms with Gasteiger partial charge in [-0.2, -0.15) is 5.10 Å². The number of carbonyl (C=O) groups is 1. The summed E-state index contributed by atoms with van der Waals surface area (Å²) in [6.07, 6.45) is 8.90. The maximum absolute atomic E-state index is 12.6. The number of nitrogens with zero attached hydrogens (tertiary/aromatic N) is 4. The highest BCUT2D eigenvalue weighted by Gasteiger charge is 2.43. The summed E-state index contributed by atoms with van der Waals surface area (Å²) in [6, 6.07) is 23.5. The molecule has 3 atom stereocenters. The Morgan fingerprint density at radius 1 is 0.927 bits per heavy atom. The number of aryl methyl sites for hydroxylation is 1. The van der Waals surface area contributed by atoms with Crippen LogP contribution in [0.1, 0.15) is 79.3 Å². The molecule has 0 radical (unpaired) electrons. The minimum atomic E-state index is -0.618. The van der Waals surface area contributed by atoms with Crippen LogP contribution in [0.3, 0.4) is 0 Å². The molecule has 1 aliphatic carbocycles. The highest BCUT2D eigenvalue weighted by atomic mass is 16.4. The van der Waals surface area contributed by atoms with Gasteiger partial charge in [0.05, 0.1) is 5.69 Å². The fourth-order valence-electron chi connectivity index (χ4n) is 7.94. The fraction of sp³-hybridized carbons (Fsp3) is 0.543. The van der Waals surface area contributed by atoms with Gasteiger partial charge in [-0.25, -0.2) is 0 Å².